The highest BCUT2D eigenvalue weighted by molar-refractivity contribution is 7.10. The molecular formula is C16H22N4S. The summed E-state index contributed by atoms with van der Waals surface area (Å²) in [5, 5.41) is 5.59. The van der Waals surface area contributed by atoms with Gasteiger partial charge in [0.25, 0.3) is 0 Å². The van der Waals surface area contributed by atoms with Gasteiger partial charge in [-0.25, -0.2) is 4.98 Å². The van der Waals surface area contributed by atoms with Gasteiger partial charge in [0.1, 0.15) is 5.82 Å². The maximum absolute atomic E-state index is 4.78. The molecule has 1 unspecified atom stereocenters. The predicted molar refractivity (Wildman–Crippen MR) is 87.8 cm³/mol. The van der Waals surface area contributed by atoms with Crippen molar-refractivity contribution >= 4 is 17.2 Å². The van der Waals surface area contributed by atoms with E-state index in [4.69, 9.17) is 4.98 Å². The van der Waals surface area contributed by atoms with Crippen molar-refractivity contribution in [3.05, 3.63) is 40.0 Å². The minimum Gasteiger partial charge on any atom is -0.348 e. The Balaban J connectivity index is 1.79. The summed E-state index contributed by atoms with van der Waals surface area (Å²) in [6.45, 7) is 8.32. The Kier molecular flexibility index (Phi) is 4.22. The van der Waals surface area contributed by atoms with Crippen molar-refractivity contribution in [3.63, 3.8) is 0 Å². The quantitative estimate of drug-likeness (QED) is 0.942. The Hall–Kier alpha value is -1.46. The van der Waals surface area contributed by atoms with Gasteiger partial charge in [-0.3, -0.25) is 4.98 Å². The highest BCUT2D eigenvalue weighted by Crippen LogP contribution is 2.34. The number of hydrogen-bond acceptors (Lipinski definition) is 5. The number of anilines is 1. The Bertz CT molecular complexity index is 608. The van der Waals surface area contributed by atoms with Crippen LogP contribution in [0.25, 0.3) is 0 Å². The monoisotopic (exact) mass is 302 g/mol. The van der Waals surface area contributed by atoms with Crippen LogP contribution in [-0.2, 0) is 13.0 Å². The van der Waals surface area contributed by atoms with E-state index in [9.17, 15) is 0 Å². The van der Waals surface area contributed by atoms with E-state index in [-0.39, 0.29) is 0 Å². The first-order chi connectivity index (χ1) is 10.1. The van der Waals surface area contributed by atoms with Crippen LogP contribution in [-0.4, -0.2) is 22.6 Å². The second-order valence-corrected chi connectivity index (χ2v) is 6.82. The first kappa shape index (κ1) is 14.5. The third-order valence-corrected chi connectivity index (χ3v) is 4.93. The molecule has 0 aliphatic carbocycles. The van der Waals surface area contributed by atoms with Gasteiger partial charge < -0.3 is 10.2 Å². The van der Waals surface area contributed by atoms with Gasteiger partial charge in [-0.15, -0.1) is 11.3 Å². The number of nitrogens with zero attached hydrogens (tertiary/aromatic N) is 3. The molecule has 0 radical (unpaired) electrons. The fourth-order valence-electron chi connectivity index (χ4n) is 2.75. The first-order valence-electron chi connectivity index (χ1n) is 7.52. The lowest BCUT2D eigenvalue weighted by Gasteiger charge is -2.34. The van der Waals surface area contributed by atoms with Crippen molar-refractivity contribution in [2.45, 2.75) is 45.8 Å². The third kappa shape index (κ3) is 3.09. The summed E-state index contributed by atoms with van der Waals surface area (Å²) in [4.78, 5) is 13.0. The Morgan fingerprint density at radius 3 is 3.10 bits per heavy atom. The molecule has 0 spiro atoms. The van der Waals surface area contributed by atoms with Crippen LogP contribution < -0.4 is 10.2 Å². The summed E-state index contributed by atoms with van der Waals surface area (Å²) in [7, 11) is 0. The molecule has 5 heteroatoms. The fraction of sp³-hybridized carbons (Fsp3) is 0.500. The lowest BCUT2D eigenvalue weighted by Crippen LogP contribution is -2.34. The van der Waals surface area contributed by atoms with Crippen LogP contribution in [0.4, 0.5) is 5.82 Å². The summed E-state index contributed by atoms with van der Waals surface area (Å²) < 4.78 is 0. The zero-order valence-corrected chi connectivity index (χ0v) is 13.7. The van der Waals surface area contributed by atoms with Gasteiger partial charge in [-0.1, -0.05) is 13.8 Å². The lowest BCUT2D eigenvalue weighted by atomic mass is 10.0. The summed E-state index contributed by atoms with van der Waals surface area (Å²) in [5.74, 6) is 0.988. The lowest BCUT2D eigenvalue weighted by molar-refractivity contribution is 0.576. The predicted octanol–water partition coefficient (Wildman–Crippen LogP) is 3.16. The van der Waals surface area contributed by atoms with Crippen molar-refractivity contribution < 1.29 is 0 Å². The molecule has 3 rings (SSSR count). The molecule has 0 saturated carbocycles. The average molecular weight is 302 g/mol. The number of nitrogens with one attached hydrogen (secondary N) is 1. The molecule has 21 heavy (non-hydrogen) atoms. The van der Waals surface area contributed by atoms with Crippen LogP contribution in [0.1, 0.15) is 42.9 Å². The summed E-state index contributed by atoms with van der Waals surface area (Å²) in [5.41, 5.74) is 2.45. The van der Waals surface area contributed by atoms with Gasteiger partial charge in [0.15, 0.2) is 0 Å². The summed E-state index contributed by atoms with van der Waals surface area (Å²) in [6, 6.07) is 3.08. The smallest absolute Gasteiger partial charge is 0.147 e. The Labute approximate surface area is 130 Å². The number of hydrogen-bond donors (Lipinski definition) is 1. The van der Waals surface area contributed by atoms with Crippen molar-refractivity contribution in [1.29, 1.82) is 0 Å². The van der Waals surface area contributed by atoms with Crippen molar-refractivity contribution in [1.82, 2.24) is 15.3 Å². The van der Waals surface area contributed by atoms with E-state index < -0.39 is 0 Å². The van der Waals surface area contributed by atoms with Crippen LogP contribution in [0, 0.1) is 0 Å². The zero-order valence-electron chi connectivity index (χ0n) is 12.8. The second kappa shape index (κ2) is 6.12. The van der Waals surface area contributed by atoms with Crippen LogP contribution in [0.5, 0.6) is 0 Å². The molecule has 4 nitrogen and oxygen atoms in total. The number of fused-ring (bicyclic) bond motifs is 1. The molecule has 1 aliphatic heterocycles. The minimum absolute atomic E-state index is 0.377. The average Bonchev–Trinajstić information content (AvgIpc) is 2.95. The summed E-state index contributed by atoms with van der Waals surface area (Å²) >= 11 is 1.87. The molecule has 112 valence electrons. The molecule has 0 aromatic carbocycles. The molecule has 1 atom stereocenters. The number of aromatic nitrogens is 2. The van der Waals surface area contributed by atoms with Crippen LogP contribution >= 0.6 is 11.3 Å². The topological polar surface area (TPSA) is 41.1 Å². The normalized spacial score (nSPS) is 18.1. The van der Waals surface area contributed by atoms with Gasteiger partial charge >= 0.3 is 0 Å². The standard InChI is InChI=1S/C16H22N4S/c1-11(2)18-9-13-8-17-10-16(19-13)20-6-4-15-14(12(20)3)5-7-21-15/h5,7-8,10-12,18H,4,6,9H2,1-3H3. The largest absolute Gasteiger partial charge is 0.348 e. The van der Waals surface area contributed by atoms with Crippen molar-refractivity contribution in [3.8, 4) is 0 Å². The van der Waals surface area contributed by atoms with Crippen LogP contribution in [0.15, 0.2) is 23.8 Å². The van der Waals surface area contributed by atoms with E-state index in [1.54, 1.807) is 0 Å². The van der Waals surface area contributed by atoms with E-state index in [2.05, 4.69) is 47.4 Å². The van der Waals surface area contributed by atoms with Gasteiger partial charge in [-0.05, 0) is 30.4 Å². The zero-order chi connectivity index (χ0) is 14.8. The van der Waals surface area contributed by atoms with E-state index in [1.165, 1.54) is 10.4 Å². The SMILES string of the molecule is CC(C)NCc1cncc(N2CCc3sccc3C2C)n1. The highest BCUT2D eigenvalue weighted by atomic mass is 32.1. The minimum atomic E-state index is 0.377. The van der Waals surface area contributed by atoms with E-state index in [0.29, 0.717) is 12.1 Å². The second-order valence-electron chi connectivity index (χ2n) is 5.82. The molecule has 2 aromatic heterocycles. The maximum Gasteiger partial charge on any atom is 0.147 e. The first-order valence-corrected chi connectivity index (χ1v) is 8.40. The number of rotatable bonds is 4. The third-order valence-electron chi connectivity index (χ3n) is 3.93. The molecule has 0 amide bonds. The Morgan fingerprint density at radius 2 is 2.29 bits per heavy atom. The van der Waals surface area contributed by atoms with E-state index >= 15 is 0 Å². The van der Waals surface area contributed by atoms with Gasteiger partial charge in [0.05, 0.1) is 17.9 Å². The van der Waals surface area contributed by atoms with Crippen LogP contribution in [0.2, 0.25) is 0 Å². The molecule has 0 fully saturated rings. The summed E-state index contributed by atoms with van der Waals surface area (Å²) in [6.07, 6.45) is 4.84. The number of thiophene rings is 1. The molecule has 3 heterocycles. The maximum atomic E-state index is 4.78. The molecule has 0 saturated heterocycles. The van der Waals surface area contributed by atoms with E-state index in [1.807, 2.05) is 23.7 Å². The Morgan fingerprint density at radius 1 is 1.43 bits per heavy atom. The van der Waals surface area contributed by atoms with Crippen LogP contribution in [0.3, 0.4) is 0 Å². The molecule has 2 aromatic rings. The van der Waals surface area contributed by atoms with E-state index in [0.717, 1.165) is 31.0 Å². The molecule has 1 N–H and O–H groups in total. The van der Waals surface area contributed by atoms with Gasteiger partial charge in [0.2, 0.25) is 0 Å². The molecular weight excluding hydrogens is 280 g/mol. The fourth-order valence-corrected chi connectivity index (χ4v) is 3.71. The van der Waals surface area contributed by atoms with Crippen molar-refractivity contribution in [2.24, 2.45) is 0 Å². The highest BCUT2D eigenvalue weighted by Gasteiger charge is 2.25. The van der Waals surface area contributed by atoms with Gasteiger partial charge in [-0.2, -0.15) is 0 Å². The molecule has 0 bridgehead atoms. The van der Waals surface area contributed by atoms with Crippen molar-refractivity contribution in [2.75, 3.05) is 11.4 Å². The molecule has 1 aliphatic rings. The van der Waals surface area contributed by atoms with Gasteiger partial charge in [0, 0.05) is 30.2 Å².